The highest BCUT2D eigenvalue weighted by atomic mass is 19.4. The second-order valence-electron chi connectivity index (χ2n) is 4.88. The third-order valence-corrected chi connectivity index (χ3v) is 3.03. The van der Waals surface area contributed by atoms with Gasteiger partial charge in [0, 0.05) is 12.2 Å². The van der Waals surface area contributed by atoms with Gasteiger partial charge in [-0.1, -0.05) is 24.3 Å². The van der Waals surface area contributed by atoms with E-state index < -0.39 is 11.7 Å². The van der Waals surface area contributed by atoms with Crippen molar-refractivity contribution < 1.29 is 13.2 Å². The number of benzene rings is 2. The number of rotatable bonds is 3. The molecule has 1 N–H and O–H groups in total. The van der Waals surface area contributed by atoms with Gasteiger partial charge in [-0.3, -0.25) is 0 Å². The fourth-order valence-electron chi connectivity index (χ4n) is 2.23. The molecule has 106 valence electrons. The first-order valence-corrected chi connectivity index (χ1v) is 6.33. The van der Waals surface area contributed by atoms with E-state index in [2.05, 4.69) is 5.32 Å². The third kappa shape index (κ3) is 3.53. The molecule has 0 atom stereocenters. The van der Waals surface area contributed by atoms with Gasteiger partial charge in [0.2, 0.25) is 0 Å². The van der Waals surface area contributed by atoms with Crippen LogP contribution < -0.4 is 5.32 Å². The summed E-state index contributed by atoms with van der Waals surface area (Å²) in [5, 5.41) is 3.06. The van der Waals surface area contributed by atoms with Crippen LogP contribution in [0.15, 0.2) is 42.5 Å². The SMILES string of the molecule is Cc1cc(C)cc(NCc2ccccc2C(F)(F)F)c1. The molecule has 0 amide bonds. The molecule has 2 aromatic carbocycles. The molecule has 0 fully saturated rings. The number of anilines is 1. The number of halogens is 3. The summed E-state index contributed by atoms with van der Waals surface area (Å²) in [4.78, 5) is 0. The molecule has 20 heavy (non-hydrogen) atoms. The Bertz CT molecular complexity index is 583. The molecule has 0 aliphatic heterocycles. The first-order valence-electron chi connectivity index (χ1n) is 6.33. The average molecular weight is 279 g/mol. The summed E-state index contributed by atoms with van der Waals surface area (Å²) in [6, 6.07) is 11.5. The second-order valence-corrected chi connectivity index (χ2v) is 4.88. The van der Waals surface area contributed by atoms with Gasteiger partial charge in [0.1, 0.15) is 0 Å². The number of alkyl halides is 3. The van der Waals surface area contributed by atoms with Crippen LogP contribution in [-0.2, 0) is 12.7 Å². The largest absolute Gasteiger partial charge is 0.416 e. The Hall–Kier alpha value is -1.97. The quantitative estimate of drug-likeness (QED) is 0.839. The zero-order valence-corrected chi connectivity index (χ0v) is 11.4. The van der Waals surface area contributed by atoms with Crippen molar-refractivity contribution in [3.8, 4) is 0 Å². The maximum atomic E-state index is 12.9. The van der Waals surface area contributed by atoms with Crippen molar-refractivity contribution in [1.82, 2.24) is 0 Å². The van der Waals surface area contributed by atoms with Crippen molar-refractivity contribution in [3.63, 3.8) is 0 Å². The van der Waals surface area contributed by atoms with Gasteiger partial charge < -0.3 is 5.32 Å². The smallest absolute Gasteiger partial charge is 0.381 e. The Labute approximate surface area is 116 Å². The molecule has 0 aliphatic rings. The minimum Gasteiger partial charge on any atom is -0.381 e. The molecule has 2 rings (SSSR count). The molecule has 0 heterocycles. The van der Waals surface area contributed by atoms with Crippen molar-refractivity contribution >= 4 is 5.69 Å². The Morgan fingerprint density at radius 1 is 0.950 bits per heavy atom. The van der Waals surface area contributed by atoms with Gasteiger partial charge in [0.15, 0.2) is 0 Å². The van der Waals surface area contributed by atoms with Crippen LogP contribution in [-0.4, -0.2) is 0 Å². The van der Waals surface area contributed by atoms with Crippen LogP contribution in [0.5, 0.6) is 0 Å². The van der Waals surface area contributed by atoms with Gasteiger partial charge in [0.25, 0.3) is 0 Å². The van der Waals surface area contributed by atoms with Crippen LogP contribution in [0.1, 0.15) is 22.3 Å². The van der Waals surface area contributed by atoms with E-state index in [1.165, 1.54) is 12.1 Å². The molecule has 0 unspecified atom stereocenters. The van der Waals surface area contributed by atoms with Crippen molar-refractivity contribution in [3.05, 3.63) is 64.7 Å². The standard InChI is InChI=1S/C16H16F3N/c1-11-7-12(2)9-14(8-11)20-10-13-5-3-4-6-15(13)16(17,18)19/h3-9,20H,10H2,1-2H3. The number of aryl methyl sites for hydroxylation is 2. The predicted molar refractivity (Wildman–Crippen MR) is 74.7 cm³/mol. The van der Waals surface area contributed by atoms with Crippen LogP contribution in [0, 0.1) is 13.8 Å². The molecular weight excluding hydrogens is 263 g/mol. The summed E-state index contributed by atoms with van der Waals surface area (Å²) in [7, 11) is 0. The summed E-state index contributed by atoms with van der Waals surface area (Å²) >= 11 is 0. The van der Waals surface area contributed by atoms with Crippen molar-refractivity contribution in [2.45, 2.75) is 26.6 Å². The average Bonchev–Trinajstić information content (AvgIpc) is 2.34. The van der Waals surface area contributed by atoms with Crippen LogP contribution in [0.3, 0.4) is 0 Å². The fraction of sp³-hybridized carbons (Fsp3) is 0.250. The van der Waals surface area contributed by atoms with Crippen LogP contribution in [0.4, 0.5) is 18.9 Å². The minimum atomic E-state index is -4.32. The van der Waals surface area contributed by atoms with Gasteiger partial charge in [-0.25, -0.2) is 0 Å². The van der Waals surface area contributed by atoms with Gasteiger partial charge in [-0.2, -0.15) is 13.2 Å². The molecule has 0 spiro atoms. The van der Waals surface area contributed by atoms with E-state index in [9.17, 15) is 13.2 Å². The Morgan fingerprint density at radius 3 is 2.15 bits per heavy atom. The topological polar surface area (TPSA) is 12.0 Å². The maximum absolute atomic E-state index is 12.9. The van der Waals surface area contributed by atoms with E-state index in [1.54, 1.807) is 6.07 Å². The first-order chi connectivity index (χ1) is 9.36. The highest BCUT2D eigenvalue weighted by molar-refractivity contribution is 5.49. The lowest BCUT2D eigenvalue weighted by Gasteiger charge is -2.14. The van der Waals surface area contributed by atoms with E-state index in [-0.39, 0.29) is 12.1 Å². The number of hydrogen-bond acceptors (Lipinski definition) is 1. The van der Waals surface area contributed by atoms with Crippen molar-refractivity contribution in [2.75, 3.05) is 5.32 Å². The Morgan fingerprint density at radius 2 is 1.55 bits per heavy atom. The molecule has 1 nitrogen and oxygen atoms in total. The Balaban J connectivity index is 2.19. The van der Waals surface area contributed by atoms with E-state index in [0.29, 0.717) is 0 Å². The van der Waals surface area contributed by atoms with E-state index in [0.717, 1.165) is 22.9 Å². The number of nitrogens with one attached hydrogen (secondary N) is 1. The summed E-state index contributed by atoms with van der Waals surface area (Å²) in [5.74, 6) is 0. The second kappa shape index (κ2) is 5.57. The molecule has 0 bridgehead atoms. The highest BCUT2D eigenvalue weighted by Gasteiger charge is 2.32. The lowest BCUT2D eigenvalue weighted by Crippen LogP contribution is -2.11. The predicted octanol–water partition coefficient (Wildman–Crippen LogP) is 4.93. The molecular formula is C16H16F3N. The normalized spacial score (nSPS) is 11.4. The monoisotopic (exact) mass is 279 g/mol. The molecule has 4 heteroatoms. The zero-order chi connectivity index (χ0) is 14.8. The zero-order valence-electron chi connectivity index (χ0n) is 11.4. The van der Waals surface area contributed by atoms with Crippen molar-refractivity contribution in [2.24, 2.45) is 0 Å². The Kier molecular flexibility index (Phi) is 4.02. The molecule has 0 radical (unpaired) electrons. The van der Waals surface area contributed by atoms with Crippen molar-refractivity contribution in [1.29, 1.82) is 0 Å². The van der Waals surface area contributed by atoms with E-state index in [4.69, 9.17) is 0 Å². The lowest BCUT2D eigenvalue weighted by molar-refractivity contribution is -0.138. The van der Waals surface area contributed by atoms with Gasteiger partial charge in [-0.05, 0) is 48.7 Å². The summed E-state index contributed by atoms with van der Waals surface area (Å²) < 4.78 is 38.6. The molecule has 0 saturated carbocycles. The lowest BCUT2D eigenvalue weighted by atomic mass is 10.1. The first kappa shape index (κ1) is 14.4. The van der Waals surface area contributed by atoms with E-state index >= 15 is 0 Å². The number of hydrogen-bond donors (Lipinski definition) is 1. The van der Waals surface area contributed by atoms with E-state index in [1.807, 2.05) is 32.0 Å². The maximum Gasteiger partial charge on any atom is 0.416 e. The molecule has 2 aromatic rings. The summed E-state index contributed by atoms with van der Waals surface area (Å²) in [6.45, 7) is 4.07. The molecule has 0 aliphatic carbocycles. The van der Waals surface area contributed by atoms with Crippen LogP contribution in [0.2, 0.25) is 0 Å². The highest BCUT2D eigenvalue weighted by Crippen LogP contribution is 2.32. The molecule has 0 saturated heterocycles. The van der Waals surface area contributed by atoms with Gasteiger partial charge in [0.05, 0.1) is 5.56 Å². The fourth-order valence-corrected chi connectivity index (χ4v) is 2.23. The van der Waals surface area contributed by atoms with Gasteiger partial charge >= 0.3 is 6.18 Å². The van der Waals surface area contributed by atoms with Crippen LogP contribution >= 0.6 is 0 Å². The molecule has 0 aromatic heterocycles. The summed E-state index contributed by atoms with van der Waals surface area (Å²) in [6.07, 6.45) is -4.32. The minimum absolute atomic E-state index is 0.151. The van der Waals surface area contributed by atoms with Crippen LogP contribution in [0.25, 0.3) is 0 Å². The summed E-state index contributed by atoms with van der Waals surface area (Å²) in [5.41, 5.74) is 2.66. The third-order valence-electron chi connectivity index (χ3n) is 3.03. The van der Waals surface area contributed by atoms with Gasteiger partial charge in [-0.15, -0.1) is 0 Å².